The number of pyridine rings is 1. The maximum atomic E-state index is 13.2. The number of hydrogen-bond donors (Lipinski definition) is 0. The van der Waals surface area contributed by atoms with Crippen LogP contribution in [0, 0.1) is 30.1 Å². The summed E-state index contributed by atoms with van der Waals surface area (Å²) in [5.74, 6) is 0.411. The highest BCUT2D eigenvalue weighted by molar-refractivity contribution is 8.26. The van der Waals surface area contributed by atoms with Crippen LogP contribution >= 0.6 is 24.0 Å². The second-order valence-corrected chi connectivity index (χ2v) is 10.8. The number of anilines is 1. The third-order valence-electron chi connectivity index (χ3n) is 6.27. The predicted octanol–water partition coefficient (Wildman–Crippen LogP) is 3.69. The summed E-state index contributed by atoms with van der Waals surface area (Å²) in [6.07, 6.45) is 2.98. The molecule has 2 fully saturated rings. The number of carbonyl (C=O) groups is 2. The lowest BCUT2D eigenvalue weighted by molar-refractivity contribution is -0.148. The summed E-state index contributed by atoms with van der Waals surface area (Å²) < 4.78 is 7.29. The van der Waals surface area contributed by atoms with E-state index in [-0.39, 0.29) is 34.8 Å². The maximum absolute atomic E-state index is 13.2. The van der Waals surface area contributed by atoms with Crippen molar-refractivity contribution in [3.63, 3.8) is 0 Å². The van der Waals surface area contributed by atoms with Gasteiger partial charge in [-0.3, -0.25) is 23.9 Å². The molecule has 0 aromatic carbocycles. The molecule has 0 radical (unpaired) electrons. The molecule has 10 heteroatoms. The number of thiocarbonyl (C=S) groups is 1. The van der Waals surface area contributed by atoms with Crippen molar-refractivity contribution in [2.24, 2.45) is 11.8 Å². The third-order valence-corrected chi connectivity index (χ3v) is 7.65. The summed E-state index contributed by atoms with van der Waals surface area (Å²) in [5, 5.41) is 9.74. The number of amides is 1. The zero-order valence-corrected chi connectivity index (χ0v) is 22.6. The molecule has 35 heavy (non-hydrogen) atoms. The number of nitrogens with zero attached hydrogens (tertiary/aromatic N) is 4. The molecule has 188 valence electrons. The van der Waals surface area contributed by atoms with Gasteiger partial charge in [-0.15, -0.1) is 0 Å². The number of rotatable bonds is 7. The molecular formula is C25H32N4O4S2. The molecule has 2 saturated heterocycles. The van der Waals surface area contributed by atoms with Crippen molar-refractivity contribution in [2.75, 3.05) is 31.1 Å². The average molecular weight is 517 g/mol. The Bertz CT molecular complexity index is 1160. The summed E-state index contributed by atoms with van der Waals surface area (Å²) in [6, 6.07) is 2.05. The van der Waals surface area contributed by atoms with Crippen LogP contribution in [0.15, 0.2) is 9.70 Å². The van der Waals surface area contributed by atoms with Crippen molar-refractivity contribution in [2.45, 2.75) is 54.0 Å². The molecule has 0 spiro atoms. The number of hydrogen-bond acceptors (Lipinski definition) is 8. The Morgan fingerprint density at radius 2 is 1.94 bits per heavy atom. The fraction of sp³-hybridized carbons (Fsp3) is 0.560. The van der Waals surface area contributed by atoms with Gasteiger partial charge < -0.3 is 9.64 Å². The minimum atomic E-state index is -0.348. The van der Waals surface area contributed by atoms with Crippen molar-refractivity contribution in [1.82, 2.24) is 9.47 Å². The van der Waals surface area contributed by atoms with Crippen LogP contribution in [0.3, 0.4) is 0 Å². The van der Waals surface area contributed by atoms with Gasteiger partial charge in [-0.2, -0.15) is 5.26 Å². The highest BCUT2D eigenvalue weighted by atomic mass is 32.2. The van der Waals surface area contributed by atoms with Crippen LogP contribution in [-0.4, -0.2) is 51.9 Å². The van der Waals surface area contributed by atoms with Gasteiger partial charge in [0.15, 0.2) is 0 Å². The van der Waals surface area contributed by atoms with Crippen LogP contribution in [0.25, 0.3) is 6.08 Å². The van der Waals surface area contributed by atoms with Crippen molar-refractivity contribution in [3.05, 3.63) is 31.9 Å². The topological polar surface area (TPSA) is 95.6 Å². The SMILES string of the molecule is CCOC(=O)C1CCN(c2c(C=C3SC(=S)N(CC(C)C)C3=O)c(C)c(C#N)c(=O)n2CC)CC1. The summed E-state index contributed by atoms with van der Waals surface area (Å²) in [7, 11) is 0. The first-order chi connectivity index (χ1) is 16.6. The van der Waals surface area contributed by atoms with Crippen LogP contribution in [0.5, 0.6) is 0 Å². The molecule has 0 bridgehead atoms. The van der Waals surface area contributed by atoms with E-state index in [4.69, 9.17) is 17.0 Å². The molecular weight excluding hydrogens is 484 g/mol. The minimum absolute atomic E-state index is 0.0703. The first kappa shape index (κ1) is 27.0. The van der Waals surface area contributed by atoms with E-state index in [0.717, 1.165) is 0 Å². The van der Waals surface area contributed by atoms with Gasteiger partial charge in [-0.1, -0.05) is 37.8 Å². The van der Waals surface area contributed by atoms with E-state index < -0.39 is 0 Å². The molecule has 8 nitrogen and oxygen atoms in total. The number of thioether (sulfide) groups is 1. The Morgan fingerprint density at radius 3 is 2.49 bits per heavy atom. The third kappa shape index (κ3) is 5.46. The maximum Gasteiger partial charge on any atom is 0.309 e. The normalized spacial score (nSPS) is 18.0. The van der Waals surface area contributed by atoms with Crippen LogP contribution in [0.4, 0.5) is 5.82 Å². The first-order valence-corrected chi connectivity index (χ1v) is 13.2. The van der Waals surface area contributed by atoms with Gasteiger partial charge in [0.25, 0.3) is 11.5 Å². The van der Waals surface area contributed by atoms with E-state index in [1.807, 2.05) is 20.8 Å². The first-order valence-electron chi connectivity index (χ1n) is 12.0. The largest absolute Gasteiger partial charge is 0.466 e. The highest BCUT2D eigenvalue weighted by Gasteiger charge is 2.34. The standard InChI is InChI=1S/C25H32N4O4S2/c1-6-28-21(27-10-8-17(9-11-27)24(32)33-7-2)18(16(5)19(13-26)22(28)30)12-20-23(31)29(14-15(3)4)25(34)35-20/h12,15,17H,6-11,14H2,1-5H3. The molecule has 1 aromatic heterocycles. The molecule has 0 atom stereocenters. The Labute approximate surface area is 215 Å². The molecule has 0 unspecified atom stereocenters. The smallest absolute Gasteiger partial charge is 0.309 e. The molecule has 2 aliphatic rings. The van der Waals surface area contributed by atoms with Gasteiger partial charge in [0.05, 0.1) is 17.4 Å². The van der Waals surface area contributed by atoms with Gasteiger partial charge in [-0.25, -0.2) is 0 Å². The van der Waals surface area contributed by atoms with E-state index in [2.05, 4.69) is 11.0 Å². The highest BCUT2D eigenvalue weighted by Crippen LogP contribution is 2.37. The lowest BCUT2D eigenvalue weighted by Gasteiger charge is -2.35. The molecule has 2 aliphatic heterocycles. The number of aromatic nitrogens is 1. The van der Waals surface area contributed by atoms with Crippen molar-refractivity contribution in [1.29, 1.82) is 5.26 Å². The second kappa shape index (κ2) is 11.4. The summed E-state index contributed by atoms with van der Waals surface area (Å²) >= 11 is 6.70. The van der Waals surface area contributed by atoms with Crippen molar-refractivity contribution < 1.29 is 14.3 Å². The summed E-state index contributed by atoms with van der Waals surface area (Å²) in [4.78, 5) is 42.7. The zero-order valence-electron chi connectivity index (χ0n) is 20.9. The van der Waals surface area contributed by atoms with E-state index >= 15 is 0 Å². The Hall–Kier alpha value is -2.64. The van der Waals surface area contributed by atoms with Gasteiger partial charge in [0.1, 0.15) is 21.8 Å². The quantitative estimate of drug-likeness (QED) is 0.308. The predicted molar refractivity (Wildman–Crippen MR) is 142 cm³/mol. The summed E-state index contributed by atoms with van der Waals surface area (Å²) in [6.45, 7) is 11.8. The molecule has 0 N–H and O–H groups in total. The van der Waals surface area contributed by atoms with Gasteiger partial charge in [0.2, 0.25) is 0 Å². The van der Waals surface area contributed by atoms with Gasteiger partial charge >= 0.3 is 5.97 Å². The fourth-order valence-corrected chi connectivity index (χ4v) is 5.78. The fourth-order valence-electron chi connectivity index (χ4n) is 4.52. The Balaban J connectivity index is 2.09. The van der Waals surface area contributed by atoms with Crippen molar-refractivity contribution >= 4 is 52.1 Å². The number of esters is 1. The van der Waals surface area contributed by atoms with Crippen LogP contribution < -0.4 is 10.5 Å². The molecule has 1 aromatic rings. The zero-order chi connectivity index (χ0) is 25.9. The van der Waals surface area contributed by atoms with E-state index in [0.29, 0.717) is 71.8 Å². The average Bonchev–Trinajstić information content (AvgIpc) is 3.08. The van der Waals surface area contributed by atoms with Crippen LogP contribution in [0.1, 0.15) is 57.2 Å². The van der Waals surface area contributed by atoms with Gasteiger partial charge in [0, 0.05) is 31.7 Å². The molecule has 0 aliphatic carbocycles. The number of piperidine rings is 1. The molecule has 1 amide bonds. The number of nitriles is 1. The summed E-state index contributed by atoms with van der Waals surface area (Å²) in [5.41, 5.74) is 0.932. The lowest BCUT2D eigenvalue weighted by atomic mass is 9.95. The molecule has 3 rings (SSSR count). The molecule has 0 saturated carbocycles. The number of carbonyl (C=O) groups excluding carboxylic acids is 2. The minimum Gasteiger partial charge on any atom is -0.466 e. The second-order valence-electron chi connectivity index (χ2n) is 9.10. The Morgan fingerprint density at radius 1 is 1.29 bits per heavy atom. The van der Waals surface area contributed by atoms with Crippen molar-refractivity contribution in [3.8, 4) is 6.07 Å². The lowest BCUT2D eigenvalue weighted by Crippen LogP contribution is -2.41. The molecule has 3 heterocycles. The van der Waals surface area contributed by atoms with Gasteiger partial charge in [-0.05, 0) is 51.2 Å². The van der Waals surface area contributed by atoms with E-state index in [1.54, 1.807) is 29.4 Å². The number of ether oxygens (including phenoxy) is 1. The monoisotopic (exact) mass is 516 g/mol. The van der Waals surface area contributed by atoms with Crippen LogP contribution in [0.2, 0.25) is 0 Å². The van der Waals surface area contributed by atoms with Crippen LogP contribution in [-0.2, 0) is 20.9 Å². The van der Waals surface area contributed by atoms with E-state index in [1.165, 1.54) is 11.8 Å². The Kier molecular flexibility index (Phi) is 8.78. The van der Waals surface area contributed by atoms with E-state index in [9.17, 15) is 19.6 Å².